The summed E-state index contributed by atoms with van der Waals surface area (Å²) in [4.78, 5) is 28.8. The lowest BCUT2D eigenvalue weighted by Gasteiger charge is -2.35. The molecule has 2 N–H and O–H groups in total. The van der Waals surface area contributed by atoms with Crippen LogP contribution >= 0.6 is 11.6 Å². The maximum absolute atomic E-state index is 14.3. The number of carbonyl (C=O) groups excluding carboxylic acids is 2. The van der Waals surface area contributed by atoms with E-state index >= 15 is 0 Å². The van der Waals surface area contributed by atoms with Gasteiger partial charge in [-0.3, -0.25) is 14.5 Å². The molecular formula is C25H30ClFN4O4S. The molecule has 2 aromatic carbocycles. The molecule has 1 saturated carbocycles. The highest BCUT2D eigenvalue weighted by Gasteiger charge is 2.40. The Kier molecular flexibility index (Phi) is 8.29. The van der Waals surface area contributed by atoms with Crippen molar-refractivity contribution in [2.75, 3.05) is 18.0 Å². The van der Waals surface area contributed by atoms with Crippen molar-refractivity contribution in [2.45, 2.75) is 57.2 Å². The van der Waals surface area contributed by atoms with Gasteiger partial charge < -0.3 is 5.32 Å². The first kappa shape index (κ1) is 26.5. The van der Waals surface area contributed by atoms with E-state index in [2.05, 4.69) is 10.0 Å². The highest BCUT2D eigenvalue weighted by Crippen LogP contribution is 2.33. The number of carbonyl (C=O) groups is 2. The monoisotopic (exact) mass is 536 g/mol. The molecule has 2 fully saturated rings. The van der Waals surface area contributed by atoms with E-state index in [4.69, 9.17) is 11.6 Å². The van der Waals surface area contributed by atoms with Gasteiger partial charge in [0.15, 0.2) is 0 Å². The van der Waals surface area contributed by atoms with Gasteiger partial charge >= 0.3 is 0 Å². The van der Waals surface area contributed by atoms with E-state index < -0.39 is 39.9 Å². The Morgan fingerprint density at radius 2 is 1.78 bits per heavy atom. The SMILES string of the molecule is C[C@@H](NS(=O)(=O)N1CC1)C(=O)N(c1cccc(F)c1)[C@@H](C(=O)NC1CCCCC1)c1ccccc1Cl. The van der Waals surface area contributed by atoms with Crippen LogP contribution in [0.2, 0.25) is 5.02 Å². The van der Waals surface area contributed by atoms with Crippen molar-refractivity contribution in [2.24, 2.45) is 0 Å². The topological polar surface area (TPSA) is 98.6 Å². The van der Waals surface area contributed by atoms with Gasteiger partial charge in [0.1, 0.15) is 11.9 Å². The van der Waals surface area contributed by atoms with Crippen molar-refractivity contribution in [1.82, 2.24) is 14.3 Å². The first-order chi connectivity index (χ1) is 17.2. The van der Waals surface area contributed by atoms with Crippen LogP contribution in [0.5, 0.6) is 0 Å². The number of anilines is 1. The molecule has 11 heteroatoms. The molecule has 1 aliphatic heterocycles. The summed E-state index contributed by atoms with van der Waals surface area (Å²) in [6.45, 7) is 2.14. The Morgan fingerprint density at radius 3 is 2.42 bits per heavy atom. The molecule has 2 aromatic rings. The number of benzene rings is 2. The second kappa shape index (κ2) is 11.2. The number of nitrogens with zero attached hydrogens (tertiary/aromatic N) is 2. The second-order valence-electron chi connectivity index (χ2n) is 9.20. The fraction of sp³-hybridized carbons (Fsp3) is 0.440. The number of hydrogen-bond acceptors (Lipinski definition) is 4. The highest BCUT2D eigenvalue weighted by molar-refractivity contribution is 7.87. The molecule has 2 amide bonds. The number of nitrogens with one attached hydrogen (secondary N) is 2. The van der Waals surface area contributed by atoms with Gasteiger partial charge in [-0.15, -0.1) is 0 Å². The van der Waals surface area contributed by atoms with Crippen molar-refractivity contribution >= 4 is 39.3 Å². The van der Waals surface area contributed by atoms with Crippen molar-refractivity contribution in [3.63, 3.8) is 0 Å². The Balaban J connectivity index is 1.75. The Labute approximate surface area is 216 Å². The zero-order valence-electron chi connectivity index (χ0n) is 20.0. The standard InChI is InChI=1S/C25H30ClFN4O4S/c1-17(29-36(34,35)30-14-15-30)25(33)31(20-11-7-8-18(27)16-20)23(21-12-5-6-13-22(21)26)24(32)28-19-9-3-2-4-10-19/h5-8,11-13,16-17,19,23,29H,2-4,9-10,14-15H2,1H3,(H,28,32)/t17-,23-/m1/s1. The summed E-state index contributed by atoms with van der Waals surface area (Å²) < 4.78 is 42.9. The molecule has 1 heterocycles. The van der Waals surface area contributed by atoms with Crippen LogP contribution < -0.4 is 14.9 Å². The van der Waals surface area contributed by atoms with Crippen LogP contribution in [0.15, 0.2) is 48.5 Å². The van der Waals surface area contributed by atoms with Gasteiger partial charge in [0.25, 0.3) is 10.2 Å². The summed E-state index contributed by atoms with van der Waals surface area (Å²) in [5.41, 5.74) is 0.465. The summed E-state index contributed by atoms with van der Waals surface area (Å²) in [5, 5.41) is 3.30. The number of hydrogen-bond donors (Lipinski definition) is 2. The van der Waals surface area contributed by atoms with E-state index in [9.17, 15) is 22.4 Å². The molecule has 8 nitrogen and oxygen atoms in total. The zero-order valence-corrected chi connectivity index (χ0v) is 21.6. The molecular weight excluding hydrogens is 507 g/mol. The van der Waals surface area contributed by atoms with Crippen LogP contribution in [0.25, 0.3) is 0 Å². The maximum Gasteiger partial charge on any atom is 0.280 e. The van der Waals surface area contributed by atoms with E-state index in [1.54, 1.807) is 24.3 Å². The van der Waals surface area contributed by atoms with Crippen molar-refractivity contribution in [3.8, 4) is 0 Å². The largest absolute Gasteiger partial charge is 0.351 e. The van der Waals surface area contributed by atoms with E-state index in [1.165, 1.54) is 29.4 Å². The van der Waals surface area contributed by atoms with Crippen LogP contribution in [-0.2, 0) is 19.8 Å². The third-order valence-corrected chi connectivity index (χ3v) is 8.46. The molecule has 4 rings (SSSR count). The van der Waals surface area contributed by atoms with Crippen molar-refractivity contribution < 1.29 is 22.4 Å². The number of amides is 2. The molecule has 0 bridgehead atoms. The van der Waals surface area contributed by atoms with Crippen LogP contribution in [0, 0.1) is 5.82 Å². The van der Waals surface area contributed by atoms with E-state index in [1.807, 2.05) is 0 Å². The molecule has 1 saturated heterocycles. The van der Waals surface area contributed by atoms with Crippen LogP contribution in [0.1, 0.15) is 50.6 Å². The molecule has 2 atom stereocenters. The molecule has 0 radical (unpaired) electrons. The first-order valence-electron chi connectivity index (χ1n) is 12.1. The van der Waals surface area contributed by atoms with Gasteiger partial charge in [-0.1, -0.05) is 55.1 Å². The molecule has 36 heavy (non-hydrogen) atoms. The lowest BCUT2D eigenvalue weighted by molar-refractivity contribution is -0.127. The lowest BCUT2D eigenvalue weighted by atomic mass is 9.94. The van der Waals surface area contributed by atoms with E-state index in [0.29, 0.717) is 18.7 Å². The zero-order chi connectivity index (χ0) is 25.9. The number of rotatable bonds is 9. The second-order valence-corrected chi connectivity index (χ2v) is 11.3. The van der Waals surface area contributed by atoms with Gasteiger partial charge in [-0.05, 0) is 44.0 Å². The predicted octanol–water partition coefficient (Wildman–Crippen LogP) is 3.54. The van der Waals surface area contributed by atoms with Crippen LogP contribution in [0.3, 0.4) is 0 Å². The summed E-state index contributed by atoms with van der Waals surface area (Å²) in [6.07, 6.45) is 4.72. The number of halogens is 2. The minimum absolute atomic E-state index is 0.0562. The van der Waals surface area contributed by atoms with Crippen LogP contribution in [-0.4, -0.2) is 49.7 Å². The third kappa shape index (κ3) is 6.23. The van der Waals surface area contributed by atoms with Gasteiger partial charge in [0, 0.05) is 35.4 Å². The smallest absolute Gasteiger partial charge is 0.280 e. The summed E-state index contributed by atoms with van der Waals surface area (Å²) in [7, 11) is -3.86. The van der Waals surface area contributed by atoms with Crippen molar-refractivity contribution in [3.05, 3.63) is 64.9 Å². The summed E-state index contributed by atoms with van der Waals surface area (Å²) >= 11 is 6.50. The predicted molar refractivity (Wildman–Crippen MR) is 136 cm³/mol. The summed E-state index contributed by atoms with van der Waals surface area (Å²) in [6, 6.07) is 9.42. The molecule has 1 aliphatic carbocycles. The minimum Gasteiger partial charge on any atom is -0.351 e. The highest BCUT2D eigenvalue weighted by atomic mass is 35.5. The Morgan fingerprint density at radius 1 is 1.08 bits per heavy atom. The van der Waals surface area contributed by atoms with Gasteiger partial charge in [0.05, 0.1) is 6.04 Å². The lowest BCUT2D eigenvalue weighted by Crippen LogP contribution is -2.53. The Hall–Kier alpha value is -2.53. The normalized spacial score (nSPS) is 18.3. The molecule has 0 unspecified atom stereocenters. The third-order valence-electron chi connectivity index (χ3n) is 6.42. The average molecular weight is 537 g/mol. The first-order valence-corrected chi connectivity index (χ1v) is 13.9. The molecule has 194 valence electrons. The van der Waals surface area contributed by atoms with Gasteiger partial charge in [-0.2, -0.15) is 17.4 Å². The molecule has 0 spiro atoms. The molecule has 2 aliphatic rings. The average Bonchev–Trinajstić information content (AvgIpc) is 3.69. The molecule has 0 aromatic heterocycles. The quantitative estimate of drug-likeness (QED) is 0.479. The van der Waals surface area contributed by atoms with Crippen LogP contribution in [0.4, 0.5) is 10.1 Å². The van der Waals surface area contributed by atoms with Gasteiger partial charge in [-0.25, -0.2) is 4.39 Å². The van der Waals surface area contributed by atoms with E-state index in [-0.39, 0.29) is 16.8 Å². The van der Waals surface area contributed by atoms with Crippen molar-refractivity contribution in [1.29, 1.82) is 0 Å². The fourth-order valence-electron chi connectivity index (χ4n) is 4.49. The van der Waals surface area contributed by atoms with E-state index in [0.717, 1.165) is 43.1 Å². The van der Waals surface area contributed by atoms with Gasteiger partial charge in [0.2, 0.25) is 11.8 Å². The Bertz CT molecular complexity index is 1220. The maximum atomic E-state index is 14.3. The summed E-state index contributed by atoms with van der Waals surface area (Å²) in [5.74, 6) is -1.78. The fourth-order valence-corrected chi connectivity index (χ4v) is 5.99. The minimum atomic E-state index is -3.86.